The normalized spacial score (nSPS) is 23.6. The number of aromatic amines is 1. The SMILES string of the molecule is C/C=C1\C2C=C(C)CC1(/N=C/C=C/c1ccccc1N(CC)CC)c1ccc(=O)[nH]c1C2. The van der Waals surface area contributed by atoms with Crippen molar-refractivity contribution in [3.63, 3.8) is 0 Å². The summed E-state index contributed by atoms with van der Waals surface area (Å²) in [4.78, 5) is 22.6. The molecule has 4 rings (SSSR count). The van der Waals surface area contributed by atoms with E-state index in [1.165, 1.54) is 22.4 Å². The zero-order chi connectivity index (χ0) is 22.7. The molecule has 0 spiro atoms. The molecule has 2 aromatic rings. The van der Waals surface area contributed by atoms with E-state index in [0.29, 0.717) is 0 Å². The number of hydrogen-bond donors (Lipinski definition) is 1. The summed E-state index contributed by atoms with van der Waals surface area (Å²) in [6, 6.07) is 12.1. The second kappa shape index (κ2) is 9.15. The van der Waals surface area contributed by atoms with E-state index >= 15 is 0 Å². The molecular weight excluding hydrogens is 394 g/mol. The van der Waals surface area contributed by atoms with Gasteiger partial charge in [-0.05, 0) is 63.5 Å². The van der Waals surface area contributed by atoms with Crippen molar-refractivity contribution >= 4 is 18.0 Å². The van der Waals surface area contributed by atoms with Gasteiger partial charge in [0.2, 0.25) is 5.56 Å². The molecule has 1 aromatic heterocycles. The lowest BCUT2D eigenvalue weighted by Gasteiger charge is -2.45. The number of hydrogen-bond acceptors (Lipinski definition) is 3. The fourth-order valence-corrected chi connectivity index (χ4v) is 5.45. The number of nitrogens with zero attached hydrogens (tertiary/aromatic N) is 2. The van der Waals surface area contributed by atoms with Gasteiger partial charge in [-0.2, -0.15) is 0 Å². The van der Waals surface area contributed by atoms with Gasteiger partial charge in [-0.3, -0.25) is 9.79 Å². The Balaban J connectivity index is 1.73. The lowest BCUT2D eigenvalue weighted by molar-refractivity contribution is 0.413. The number of rotatable bonds is 6. The van der Waals surface area contributed by atoms with Crippen molar-refractivity contribution in [3.05, 3.63) is 92.9 Å². The van der Waals surface area contributed by atoms with Crippen LogP contribution in [-0.2, 0) is 12.0 Å². The molecule has 2 aliphatic carbocycles. The number of H-pyrrole nitrogens is 1. The molecule has 166 valence electrons. The summed E-state index contributed by atoms with van der Waals surface area (Å²) in [5, 5.41) is 0. The average Bonchev–Trinajstić information content (AvgIpc) is 2.77. The molecule has 1 heterocycles. The Morgan fingerprint density at radius 3 is 2.72 bits per heavy atom. The Labute approximate surface area is 191 Å². The van der Waals surface area contributed by atoms with Crippen LogP contribution in [0.2, 0.25) is 0 Å². The summed E-state index contributed by atoms with van der Waals surface area (Å²) >= 11 is 0. The van der Waals surface area contributed by atoms with Crippen molar-refractivity contribution in [2.75, 3.05) is 18.0 Å². The van der Waals surface area contributed by atoms with E-state index in [-0.39, 0.29) is 11.5 Å². The zero-order valence-corrected chi connectivity index (χ0v) is 19.6. The Morgan fingerprint density at radius 1 is 1.19 bits per heavy atom. The van der Waals surface area contributed by atoms with Gasteiger partial charge in [0.15, 0.2) is 0 Å². The topological polar surface area (TPSA) is 48.5 Å². The fourth-order valence-electron chi connectivity index (χ4n) is 5.45. The van der Waals surface area contributed by atoms with Gasteiger partial charge in [0, 0.05) is 54.7 Å². The van der Waals surface area contributed by atoms with Crippen LogP contribution >= 0.6 is 0 Å². The summed E-state index contributed by atoms with van der Waals surface area (Å²) in [6.45, 7) is 10.6. The molecule has 32 heavy (non-hydrogen) atoms. The summed E-state index contributed by atoms with van der Waals surface area (Å²) in [7, 11) is 0. The molecule has 0 amide bonds. The number of para-hydroxylation sites is 1. The molecule has 0 saturated heterocycles. The summed E-state index contributed by atoms with van der Waals surface area (Å²) in [6.07, 6.45) is 12.4. The van der Waals surface area contributed by atoms with Crippen molar-refractivity contribution in [1.29, 1.82) is 0 Å². The quantitative estimate of drug-likeness (QED) is 0.477. The van der Waals surface area contributed by atoms with E-state index in [4.69, 9.17) is 4.99 Å². The maximum Gasteiger partial charge on any atom is 0.248 e. The lowest BCUT2D eigenvalue weighted by Crippen LogP contribution is -2.40. The molecule has 1 aromatic carbocycles. The van der Waals surface area contributed by atoms with Gasteiger partial charge in [0.05, 0.1) is 0 Å². The highest BCUT2D eigenvalue weighted by molar-refractivity contribution is 5.82. The maximum atomic E-state index is 12.0. The van der Waals surface area contributed by atoms with Gasteiger partial charge in [-0.1, -0.05) is 42.0 Å². The summed E-state index contributed by atoms with van der Waals surface area (Å²) < 4.78 is 0. The number of anilines is 1. The van der Waals surface area contributed by atoms with E-state index in [0.717, 1.165) is 37.2 Å². The molecule has 0 saturated carbocycles. The minimum Gasteiger partial charge on any atom is -0.372 e. The van der Waals surface area contributed by atoms with E-state index in [1.807, 2.05) is 18.4 Å². The zero-order valence-electron chi connectivity index (χ0n) is 19.6. The molecule has 2 atom stereocenters. The van der Waals surface area contributed by atoms with Gasteiger partial charge < -0.3 is 9.88 Å². The largest absolute Gasteiger partial charge is 0.372 e. The van der Waals surface area contributed by atoms with Gasteiger partial charge in [-0.15, -0.1) is 0 Å². The minimum atomic E-state index is -0.446. The molecule has 4 heteroatoms. The van der Waals surface area contributed by atoms with E-state index < -0.39 is 5.54 Å². The maximum absolute atomic E-state index is 12.0. The Kier molecular flexibility index (Phi) is 6.31. The monoisotopic (exact) mass is 427 g/mol. The van der Waals surface area contributed by atoms with Crippen LogP contribution in [0.5, 0.6) is 0 Å². The molecule has 0 fully saturated rings. The molecule has 2 aliphatic rings. The Morgan fingerprint density at radius 2 is 1.97 bits per heavy atom. The van der Waals surface area contributed by atoms with Crippen molar-refractivity contribution < 1.29 is 0 Å². The van der Waals surface area contributed by atoms with Crippen molar-refractivity contribution in [2.45, 2.75) is 46.1 Å². The highest BCUT2D eigenvalue weighted by Gasteiger charge is 2.46. The number of pyridine rings is 1. The highest BCUT2D eigenvalue weighted by Crippen LogP contribution is 2.51. The second-order valence-electron chi connectivity index (χ2n) is 8.69. The third-order valence-electron chi connectivity index (χ3n) is 6.78. The molecule has 0 aliphatic heterocycles. The van der Waals surface area contributed by atoms with E-state index in [2.05, 4.69) is 80.1 Å². The molecule has 4 nitrogen and oxygen atoms in total. The predicted octanol–water partition coefficient (Wildman–Crippen LogP) is 5.67. The van der Waals surface area contributed by atoms with Crippen LogP contribution < -0.4 is 10.5 Å². The Hall–Kier alpha value is -3.14. The van der Waals surface area contributed by atoms with Crippen molar-refractivity contribution in [2.24, 2.45) is 10.9 Å². The molecule has 1 N–H and O–H groups in total. The second-order valence-corrected chi connectivity index (χ2v) is 8.69. The number of benzene rings is 1. The summed E-state index contributed by atoms with van der Waals surface area (Å²) in [5.41, 5.74) is 6.77. The molecule has 2 bridgehead atoms. The van der Waals surface area contributed by atoms with Crippen LogP contribution in [0.1, 0.15) is 50.9 Å². The summed E-state index contributed by atoms with van der Waals surface area (Å²) in [5.74, 6) is 0.281. The first-order chi connectivity index (χ1) is 15.5. The van der Waals surface area contributed by atoms with Crippen LogP contribution in [0.15, 0.2) is 75.6 Å². The number of nitrogens with one attached hydrogen (secondary N) is 1. The third kappa shape index (κ3) is 3.90. The highest BCUT2D eigenvalue weighted by atomic mass is 16.1. The van der Waals surface area contributed by atoms with Gasteiger partial charge in [0.25, 0.3) is 0 Å². The van der Waals surface area contributed by atoms with Crippen LogP contribution in [0.3, 0.4) is 0 Å². The first kappa shape index (κ1) is 22.1. The fraction of sp³-hybridized carbons (Fsp3) is 0.357. The first-order valence-electron chi connectivity index (χ1n) is 11.6. The average molecular weight is 428 g/mol. The van der Waals surface area contributed by atoms with Crippen molar-refractivity contribution in [1.82, 2.24) is 4.98 Å². The number of allylic oxidation sites excluding steroid dienone is 3. The number of aromatic nitrogens is 1. The van der Waals surface area contributed by atoms with Gasteiger partial charge in [0.1, 0.15) is 5.54 Å². The molecule has 0 radical (unpaired) electrons. The predicted molar refractivity (Wildman–Crippen MR) is 136 cm³/mol. The number of aliphatic imine (C=N–C) groups is 1. The Bertz CT molecular complexity index is 1160. The standard InChI is InChI=1S/C28H33N3O/c1-5-23-22-17-20(4)19-28(23,24-14-15-27(32)30-25(24)18-22)29-16-10-12-21-11-8-9-13-26(21)31(6-2)7-3/h5,8-17,22H,6-7,18-19H2,1-4H3,(H,30,32)/b12-10+,23-5+,29-16+. The third-order valence-corrected chi connectivity index (χ3v) is 6.78. The van der Waals surface area contributed by atoms with Crippen LogP contribution in [-0.4, -0.2) is 24.3 Å². The van der Waals surface area contributed by atoms with E-state index in [1.54, 1.807) is 6.07 Å². The molecular formula is C28H33N3O. The first-order valence-corrected chi connectivity index (χ1v) is 11.6. The van der Waals surface area contributed by atoms with Crippen LogP contribution in [0, 0.1) is 5.92 Å². The van der Waals surface area contributed by atoms with Crippen LogP contribution in [0.25, 0.3) is 6.08 Å². The smallest absolute Gasteiger partial charge is 0.248 e. The van der Waals surface area contributed by atoms with Crippen LogP contribution in [0.4, 0.5) is 5.69 Å². The number of fused-ring (bicyclic) bond motifs is 4. The van der Waals surface area contributed by atoms with Gasteiger partial charge >= 0.3 is 0 Å². The minimum absolute atomic E-state index is 0.0431. The molecule has 2 unspecified atom stereocenters. The van der Waals surface area contributed by atoms with Crippen molar-refractivity contribution in [3.8, 4) is 0 Å². The van der Waals surface area contributed by atoms with Gasteiger partial charge in [-0.25, -0.2) is 0 Å². The van der Waals surface area contributed by atoms with E-state index in [9.17, 15) is 4.79 Å². The lowest BCUT2D eigenvalue weighted by atomic mass is 9.63.